The van der Waals surface area contributed by atoms with Crippen molar-refractivity contribution in [3.8, 4) is 0 Å². The van der Waals surface area contributed by atoms with Crippen molar-refractivity contribution in [2.24, 2.45) is 0 Å². The third kappa shape index (κ3) is 4.47. The van der Waals surface area contributed by atoms with Crippen molar-refractivity contribution in [1.29, 1.82) is 0 Å². The number of benzene rings is 2. The van der Waals surface area contributed by atoms with E-state index in [-0.39, 0.29) is 11.7 Å². The van der Waals surface area contributed by atoms with Crippen LogP contribution < -0.4 is 9.62 Å². The van der Waals surface area contributed by atoms with Gasteiger partial charge in [-0.1, -0.05) is 12.1 Å². The van der Waals surface area contributed by atoms with Crippen molar-refractivity contribution in [3.05, 3.63) is 59.2 Å². The predicted molar refractivity (Wildman–Crippen MR) is 114 cm³/mol. The number of anilines is 2. The first kappa shape index (κ1) is 20.2. The lowest BCUT2D eigenvalue weighted by Crippen LogP contribution is -2.49. The van der Waals surface area contributed by atoms with E-state index in [1.54, 1.807) is 31.2 Å². The number of sulfonamides is 1. The highest BCUT2D eigenvalue weighted by Gasteiger charge is 2.23. The summed E-state index contributed by atoms with van der Waals surface area (Å²) in [5.41, 5.74) is 4.83. The van der Waals surface area contributed by atoms with E-state index in [1.165, 1.54) is 16.8 Å². The molecule has 1 aliphatic heterocycles. The van der Waals surface area contributed by atoms with Gasteiger partial charge in [0, 0.05) is 43.1 Å². The minimum Gasteiger partial charge on any atom is -0.368 e. The molecule has 1 saturated heterocycles. The number of piperazine rings is 1. The molecular weight excluding hydrogens is 374 g/mol. The van der Waals surface area contributed by atoms with Gasteiger partial charge in [-0.15, -0.1) is 0 Å². The van der Waals surface area contributed by atoms with Gasteiger partial charge in [0.25, 0.3) is 5.91 Å². The van der Waals surface area contributed by atoms with Crippen LogP contribution in [0.15, 0.2) is 42.5 Å². The van der Waals surface area contributed by atoms with E-state index in [0.29, 0.717) is 24.3 Å². The van der Waals surface area contributed by atoms with Crippen molar-refractivity contribution in [1.82, 2.24) is 4.90 Å². The zero-order valence-electron chi connectivity index (χ0n) is 16.6. The van der Waals surface area contributed by atoms with Gasteiger partial charge in [0.05, 0.1) is 5.75 Å². The first-order chi connectivity index (χ1) is 13.3. The number of amides is 1. The molecular formula is C21H27N3O3S. The summed E-state index contributed by atoms with van der Waals surface area (Å²) in [6.07, 6.45) is 0. The van der Waals surface area contributed by atoms with Gasteiger partial charge in [-0.25, -0.2) is 8.42 Å². The number of carbonyl (C=O) groups excluding carboxylic acids is 1. The van der Waals surface area contributed by atoms with Gasteiger partial charge < -0.3 is 9.80 Å². The Morgan fingerprint density at radius 2 is 1.64 bits per heavy atom. The monoisotopic (exact) mass is 401 g/mol. The number of aryl methyl sites for hydroxylation is 1. The van der Waals surface area contributed by atoms with E-state index in [0.717, 1.165) is 13.1 Å². The van der Waals surface area contributed by atoms with Crippen LogP contribution in [0.3, 0.4) is 0 Å². The van der Waals surface area contributed by atoms with E-state index in [9.17, 15) is 13.2 Å². The molecule has 0 aliphatic carbocycles. The lowest BCUT2D eigenvalue weighted by Gasteiger charge is -2.37. The summed E-state index contributed by atoms with van der Waals surface area (Å²) in [4.78, 5) is 17.0. The molecule has 0 unspecified atom stereocenters. The molecule has 0 bridgehead atoms. The number of nitrogens with zero attached hydrogens (tertiary/aromatic N) is 2. The summed E-state index contributed by atoms with van der Waals surface area (Å²) in [6, 6.07) is 12.9. The lowest BCUT2D eigenvalue weighted by molar-refractivity contribution is 0.0747. The number of nitrogens with one attached hydrogen (secondary N) is 1. The fraction of sp³-hybridized carbons (Fsp3) is 0.381. The molecule has 1 aliphatic rings. The second-order valence-electron chi connectivity index (χ2n) is 7.08. The second-order valence-corrected chi connectivity index (χ2v) is 9.09. The largest absolute Gasteiger partial charge is 0.368 e. The zero-order valence-corrected chi connectivity index (χ0v) is 17.4. The van der Waals surface area contributed by atoms with Crippen molar-refractivity contribution in [2.75, 3.05) is 41.6 Å². The van der Waals surface area contributed by atoms with Gasteiger partial charge in [-0.2, -0.15) is 0 Å². The molecule has 3 rings (SSSR count). The van der Waals surface area contributed by atoms with Crippen LogP contribution in [0.1, 0.15) is 28.4 Å². The molecule has 0 atom stereocenters. The van der Waals surface area contributed by atoms with E-state index in [1.807, 2.05) is 4.90 Å². The minimum absolute atomic E-state index is 0.0123. The molecule has 1 fully saturated rings. The Bertz CT molecular complexity index is 947. The first-order valence-electron chi connectivity index (χ1n) is 9.51. The van der Waals surface area contributed by atoms with Crippen LogP contribution in [0.2, 0.25) is 0 Å². The Balaban J connectivity index is 1.63. The number of hydrogen-bond acceptors (Lipinski definition) is 4. The van der Waals surface area contributed by atoms with Crippen molar-refractivity contribution in [3.63, 3.8) is 0 Å². The fourth-order valence-electron chi connectivity index (χ4n) is 3.34. The van der Waals surface area contributed by atoms with Gasteiger partial charge in [0.1, 0.15) is 0 Å². The topological polar surface area (TPSA) is 69.7 Å². The molecule has 28 heavy (non-hydrogen) atoms. The van der Waals surface area contributed by atoms with E-state index < -0.39 is 10.0 Å². The normalized spacial score (nSPS) is 14.8. The molecule has 7 heteroatoms. The molecule has 0 saturated carbocycles. The molecule has 1 amide bonds. The zero-order chi connectivity index (χ0) is 20.3. The van der Waals surface area contributed by atoms with Crippen LogP contribution in [-0.4, -0.2) is 51.2 Å². The highest BCUT2D eigenvalue weighted by atomic mass is 32.2. The first-order valence-corrected chi connectivity index (χ1v) is 11.2. The van der Waals surface area contributed by atoms with E-state index in [4.69, 9.17) is 0 Å². The molecule has 2 aromatic carbocycles. The molecule has 6 nitrogen and oxygen atoms in total. The molecule has 0 radical (unpaired) electrons. The Morgan fingerprint density at radius 3 is 2.25 bits per heavy atom. The van der Waals surface area contributed by atoms with Crippen LogP contribution in [0, 0.1) is 13.8 Å². The van der Waals surface area contributed by atoms with Crippen LogP contribution >= 0.6 is 0 Å². The van der Waals surface area contributed by atoms with Crippen molar-refractivity contribution < 1.29 is 13.2 Å². The highest BCUT2D eigenvalue weighted by Crippen LogP contribution is 2.24. The van der Waals surface area contributed by atoms with Gasteiger partial charge in [-0.05, 0) is 62.2 Å². The van der Waals surface area contributed by atoms with Gasteiger partial charge in [-0.3, -0.25) is 9.52 Å². The van der Waals surface area contributed by atoms with Gasteiger partial charge in [0.2, 0.25) is 10.0 Å². The summed E-state index contributed by atoms with van der Waals surface area (Å²) in [5.74, 6) is -0.0104. The average molecular weight is 402 g/mol. The number of hydrogen-bond donors (Lipinski definition) is 1. The molecule has 1 N–H and O–H groups in total. The molecule has 150 valence electrons. The lowest BCUT2D eigenvalue weighted by atomic mass is 10.1. The SMILES string of the molecule is CCS(=O)(=O)Nc1ccc(C(=O)N2CCN(c3cccc(C)c3C)CC2)cc1. The summed E-state index contributed by atoms with van der Waals surface area (Å²) >= 11 is 0. The summed E-state index contributed by atoms with van der Waals surface area (Å²) in [7, 11) is -3.32. The summed E-state index contributed by atoms with van der Waals surface area (Å²) in [6.45, 7) is 8.75. The maximum Gasteiger partial charge on any atom is 0.253 e. The summed E-state index contributed by atoms with van der Waals surface area (Å²) in [5, 5.41) is 0. The number of rotatable bonds is 5. The third-order valence-electron chi connectivity index (χ3n) is 5.27. The minimum atomic E-state index is -3.32. The Morgan fingerprint density at radius 1 is 1.00 bits per heavy atom. The van der Waals surface area contributed by atoms with E-state index >= 15 is 0 Å². The van der Waals surface area contributed by atoms with Crippen LogP contribution in [0.25, 0.3) is 0 Å². The Labute approximate surface area is 167 Å². The second kappa shape index (κ2) is 8.22. The molecule has 2 aromatic rings. The molecule has 0 aromatic heterocycles. The van der Waals surface area contributed by atoms with Gasteiger partial charge in [0.15, 0.2) is 0 Å². The number of carbonyl (C=O) groups is 1. The van der Waals surface area contributed by atoms with Gasteiger partial charge >= 0.3 is 0 Å². The van der Waals surface area contributed by atoms with Crippen molar-refractivity contribution >= 4 is 27.3 Å². The molecule has 1 heterocycles. The predicted octanol–water partition coefficient (Wildman–Crippen LogP) is 3.03. The standard InChI is InChI=1S/C21H27N3O3S/c1-4-28(26,27)22-19-10-8-18(9-11-19)21(25)24-14-12-23(13-15-24)20-7-5-6-16(2)17(20)3/h5-11,22H,4,12-15H2,1-3H3. The van der Waals surface area contributed by atoms with Crippen molar-refractivity contribution in [2.45, 2.75) is 20.8 Å². The van der Waals surface area contributed by atoms with Crippen LogP contribution in [0.4, 0.5) is 11.4 Å². The smallest absolute Gasteiger partial charge is 0.253 e. The average Bonchev–Trinajstić information content (AvgIpc) is 2.70. The maximum absolute atomic E-state index is 12.8. The van der Waals surface area contributed by atoms with Crippen LogP contribution in [0.5, 0.6) is 0 Å². The summed E-state index contributed by atoms with van der Waals surface area (Å²) < 4.78 is 25.8. The highest BCUT2D eigenvalue weighted by molar-refractivity contribution is 7.92. The Hall–Kier alpha value is -2.54. The maximum atomic E-state index is 12.8. The third-order valence-corrected chi connectivity index (χ3v) is 6.58. The molecule has 0 spiro atoms. The van der Waals surface area contributed by atoms with E-state index in [2.05, 4.69) is 41.7 Å². The quantitative estimate of drug-likeness (QED) is 0.836. The fourth-order valence-corrected chi connectivity index (χ4v) is 3.98. The van der Waals surface area contributed by atoms with Crippen LogP contribution in [-0.2, 0) is 10.0 Å². The Kier molecular flexibility index (Phi) is 5.93.